The number of amides is 1. The molecule has 0 bridgehead atoms. The molecule has 0 spiro atoms. The fourth-order valence-corrected chi connectivity index (χ4v) is 2.45. The monoisotopic (exact) mass is 327 g/mol. The number of Topliss-reactive ketones (excluding diaryl/α,β-unsaturated/α-hetero) is 1. The number of methoxy groups -OCH3 is 1. The normalized spacial score (nSPS) is 11.8. The second kappa shape index (κ2) is 8.24. The number of benzene rings is 2. The standard InChI is InChI=1S/C19H21NO4/c1-3-16(21)10-11-17(19(23)24-2)20-18(22)15-9-8-13-6-4-5-7-14(13)12-15/h4-9,12,17H,3,10-11H2,1-2H3,(H,20,22)/t17-/m1/s1. The summed E-state index contributed by atoms with van der Waals surface area (Å²) in [7, 11) is 1.26. The van der Waals surface area contributed by atoms with Crippen LogP contribution in [0.1, 0.15) is 36.5 Å². The van der Waals surface area contributed by atoms with Crippen molar-refractivity contribution >= 4 is 28.4 Å². The number of fused-ring (bicyclic) bond motifs is 1. The van der Waals surface area contributed by atoms with Gasteiger partial charge >= 0.3 is 5.97 Å². The third-order valence-corrected chi connectivity index (χ3v) is 3.91. The number of ketones is 1. The number of hydrogen-bond donors (Lipinski definition) is 1. The maximum absolute atomic E-state index is 12.4. The van der Waals surface area contributed by atoms with Gasteiger partial charge in [0.1, 0.15) is 11.8 Å². The van der Waals surface area contributed by atoms with Gasteiger partial charge in [-0.3, -0.25) is 9.59 Å². The Labute approximate surface area is 141 Å². The van der Waals surface area contributed by atoms with E-state index < -0.39 is 12.0 Å². The van der Waals surface area contributed by atoms with E-state index >= 15 is 0 Å². The molecule has 2 aromatic carbocycles. The lowest BCUT2D eigenvalue weighted by molar-refractivity contribution is -0.143. The van der Waals surface area contributed by atoms with Gasteiger partial charge in [0.05, 0.1) is 7.11 Å². The maximum Gasteiger partial charge on any atom is 0.328 e. The van der Waals surface area contributed by atoms with Gasteiger partial charge in [-0.15, -0.1) is 0 Å². The Balaban J connectivity index is 2.12. The topological polar surface area (TPSA) is 72.5 Å². The quantitative estimate of drug-likeness (QED) is 0.794. The molecule has 5 heteroatoms. The third kappa shape index (κ3) is 4.41. The van der Waals surface area contributed by atoms with Crippen molar-refractivity contribution in [2.45, 2.75) is 32.2 Å². The Morgan fingerprint density at radius 2 is 1.79 bits per heavy atom. The predicted octanol–water partition coefficient (Wildman–Crippen LogP) is 2.87. The summed E-state index contributed by atoms with van der Waals surface area (Å²) >= 11 is 0. The highest BCUT2D eigenvalue weighted by Gasteiger charge is 2.22. The molecule has 0 heterocycles. The molecule has 0 aliphatic carbocycles. The van der Waals surface area contributed by atoms with Crippen LogP contribution in [0, 0.1) is 0 Å². The molecule has 0 saturated carbocycles. The molecule has 0 radical (unpaired) electrons. The smallest absolute Gasteiger partial charge is 0.328 e. The number of hydrogen-bond acceptors (Lipinski definition) is 4. The minimum atomic E-state index is -0.829. The average Bonchev–Trinajstić information content (AvgIpc) is 2.63. The number of carbonyl (C=O) groups is 3. The van der Waals surface area contributed by atoms with Crippen molar-refractivity contribution in [1.29, 1.82) is 0 Å². The molecular weight excluding hydrogens is 306 g/mol. The van der Waals surface area contributed by atoms with E-state index in [0.29, 0.717) is 12.0 Å². The van der Waals surface area contributed by atoms with E-state index in [1.807, 2.05) is 30.3 Å². The van der Waals surface area contributed by atoms with Crippen LogP contribution in [0.2, 0.25) is 0 Å². The van der Waals surface area contributed by atoms with Crippen molar-refractivity contribution in [2.75, 3.05) is 7.11 Å². The summed E-state index contributed by atoms with van der Waals surface area (Å²) in [5.74, 6) is -0.864. The second-order valence-corrected chi connectivity index (χ2v) is 5.54. The fraction of sp³-hybridized carbons (Fsp3) is 0.316. The van der Waals surface area contributed by atoms with Crippen LogP contribution in [0.25, 0.3) is 10.8 Å². The zero-order chi connectivity index (χ0) is 17.5. The van der Waals surface area contributed by atoms with Crippen LogP contribution in [-0.4, -0.2) is 30.8 Å². The minimum Gasteiger partial charge on any atom is -0.467 e. The Hall–Kier alpha value is -2.69. The molecular formula is C19H21NO4. The van der Waals surface area contributed by atoms with E-state index in [0.717, 1.165) is 10.8 Å². The lowest BCUT2D eigenvalue weighted by Crippen LogP contribution is -2.41. The van der Waals surface area contributed by atoms with E-state index in [-0.39, 0.29) is 24.5 Å². The van der Waals surface area contributed by atoms with Gasteiger partial charge in [-0.05, 0) is 29.3 Å². The third-order valence-electron chi connectivity index (χ3n) is 3.91. The molecule has 0 aliphatic rings. The van der Waals surface area contributed by atoms with Crippen LogP contribution in [0.4, 0.5) is 0 Å². The van der Waals surface area contributed by atoms with Crippen molar-refractivity contribution in [2.24, 2.45) is 0 Å². The average molecular weight is 327 g/mol. The molecule has 0 aromatic heterocycles. The molecule has 0 saturated heterocycles. The van der Waals surface area contributed by atoms with Crippen LogP contribution in [0.15, 0.2) is 42.5 Å². The largest absolute Gasteiger partial charge is 0.467 e. The van der Waals surface area contributed by atoms with Gasteiger partial charge in [-0.2, -0.15) is 0 Å². The van der Waals surface area contributed by atoms with E-state index in [4.69, 9.17) is 4.74 Å². The van der Waals surface area contributed by atoms with Crippen molar-refractivity contribution < 1.29 is 19.1 Å². The number of carbonyl (C=O) groups excluding carboxylic acids is 3. The van der Waals surface area contributed by atoms with Gasteiger partial charge in [0.2, 0.25) is 0 Å². The molecule has 2 aromatic rings. The van der Waals surface area contributed by atoms with Crippen molar-refractivity contribution in [1.82, 2.24) is 5.32 Å². The lowest BCUT2D eigenvalue weighted by Gasteiger charge is -2.16. The van der Waals surface area contributed by atoms with Crippen LogP contribution in [-0.2, 0) is 14.3 Å². The zero-order valence-electron chi connectivity index (χ0n) is 13.9. The molecule has 0 fully saturated rings. The van der Waals surface area contributed by atoms with Gasteiger partial charge in [-0.1, -0.05) is 37.3 Å². The number of esters is 1. The van der Waals surface area contributed by atoms with E-state index in [9.17, 15) is 14.4 Å². The van der Waals surface area contributed by atoms with Crippen molar-refractivity contribution in [3.63, 3.8) is 0 Å². The molecule has 2 rings (SSSR count). The van der Waals surface area contributed by atoms with Crippen LogP contribution >= 0.6 is 0 Å². The highest BCUT2D eigenvalue weighted by molar-refractivity contribution is 6.00. The first-order chi connectivity index (χ1) is 11.5. The molecule has 0 aliphatic heterocycles. The SMILES string of the molecule is CCC(=O)CC[C@@H](NC(=O)c1ccc2ccccc2c1)C(=O)OC. The van der Waals surface area contributed by atoms with E-state index in [2.05, 4.69) is 5.32 Å². The first-order valence-corrected chi connectivity index (χ1v) is 7.94. The summed E-state index contributed by atoms with van der Waals surface area (Å²) in [5.41, 5.74) is 0.462. The van der Waals surface area contributed by atoms with Gasteiger partial charge in [0.25, 0.3) is 5.91 Å². The van der Waals surface area contributed by atoms with Gasteiger partial charge in [-0.25, -0.2) is 4.79 Å². The summed E-state index contributed by atoms with van der Waals surface area (Å²) in [5, 5.41) is 4.64. The summed E-state index contributed by atoms with van der Waals surface area (Å²) in [6.45, 7) is 1.77. The Morgan fingerprint density at radius 1 is 1.08 bits per heavy atom. The summed E-state index contributed by atoms with van der Waals surface area (Å²) < 4.78 is 4.72. The van der Waals surface area contributed by atoms with Gasteiger partial charge in [0, 0.05) is 18.4 Å². The molecule has 0 unspecified atom stereocenters. The van der Waals surface area contributed by atoms with Crippen molar-refractivity contribution in [3.05, 3.63) is 48.0 Å². The number of nitrogens with one attached hydrogen (secondary N) is 1. The molecule has 1 N–H and O–H groups in total. The molecule has 1 amide bonds. The highest BCUT2D eigenvalue weighted by atomic mass is 16.5. The molecule has 126 valence electrons. The van der Waals surface area contributed by atoms with E-state index in [1.165, 1.54) is 7.11 Å². The Kier molecular flexibility index (Phi) is 6.07. The van der Waals surface area contributed by atoms with Gasteiger partial charge < -0.3 is 10.1 Å². The molecule has 1 atom stereocenters. The summed E-state index contributed by atoms with van der Waals surface area (Å²) in [4.78, 5) is 35.7. The van der Waals surface area contributed by atoms with Crippen LogP contribution in [0.3, 0.4) is 0 Å². The Morgan fingerprint density at radius 3 is 2.46 bits per heavy atom. The maximum atomic E-state index is 12.4. The second-order valence-electron chi connectivity index (χ2n) is 5.54. The fourth-order valence-electron chi connectivity index (χ4n) is 2.45. The number of rotatable bonds is 7. The summed E-state index contributed by atoms with van der Waals surface area (Å²) in [6.07, 6.45) is 0.874. The van der Waals surface area contributed by atoms with Crippen LogP contribution < -0.4 is 5.32 Å². The number of ether oxygens (including phenoxy) is 1. The predicted molar refractivity (Wildman–Crippen MR) is 91.8 cm³/mol. The lowest BCUT2D eigenvalue weighted by atomic mass is 10.0. The zero-order valence-corrected chi connectivity index (χ0v) is 13.9. The summed E-state index contributed by atoms with van der Waals surface area (Å²) in [6, 6.07) is 12.2. The molecule has 5 nitrogen and oxygen atoms in total. The molecule has 24 heavy (non-hydrogen) atoms. The van der Waals surface area contributed by atoms with Crippen LogP contribution in [0.5, 0.6) is 0 Å². The first kappa shape index (κ1) is 17.7. The van der Waals surface area contributed by atoms with Gasteiger partial charge in [0.15, 0.2) is 0 Å². The van der Waals surface area contributed by atoms with Crippen molar-refractivity contribution in [3.8, 4) is 0 Å². The minimum absolute atomic E-state index is 0.0452. The van der Waals surface area contributed by atoms with E-state index in [1.54, 1.807) is 19.1 Å². The Bertz CT molecular complexity index is 754. The highest BCUT2D eigenvalue weighted by Crippen LogP contribution is 2.16. The first-order valence-electron chi connectivity index (χ1n) is 7.94.